The third-order valence-corrected chi connectivity index (χ3v) is 6.11. The molecule has 184 valence electrons. The Hall–Kier alpha value is -3.51. The molecule has 2 aromatic rings. The zero-order chi connectivity index (χ0) is 25.8. The number of hydrogen-bond acceptors (Lipinski definition) is 6. The molecule has 0 aromatic heterocycles. The van der Waals surface area contributed by atoms with Gasteiger partial charge < -0.3 is 24.8 Å². The minimum absolute atomic E-state index is 0.104. The lowest BCUT2D eigenvalue weighted by atomic mass is 9.92. The highest BCUT2D eigenvalue weighted by molar-refractivity contribution is 6.14. The predicted molar refractivity (Wildman–Crippen MR) is 129 cm³/mol. The second-order valence-electron chi connectivity index (χ2n) is 8.86. The normalized spacial score (nSPS) is 18.1. The van der Waals surface area contributed by atoms with Crippen molar-refractivity contribution in [2.24, 2.45) is 0 Å². The zero-order valence-electron chi connectivity index (χ0n) is 20.5. The highest BCUT2D eigenvalue weighted by Crippen LogP contribution is 2.32. The lowest BCUT2D eigenvalue weighted by Crippen LogP contribution is -2.62. The zero-order valence-corrected chi connectivity index (χ0v) is 20.5. The smallest absolute Gasteiger partial charge is 0.254 e. The molecule has 2 aromatic carbocycles. The highest BCUT2D eigenvalue weighted by Gasteiger charge is 2.46. The number of nitrogens with zero attached hydrogens (tertiary/aromatic N) is 1. The van der Waals surface area contributed by atoms with Crippen molar-refractivity contribution < 1.29 is 29.0 Å². The fraction of sp³-hybridized carbons (Fsp3) is 0.370. The summed E-state index contributed by atoms with van der Waals surface area (Å²) in [6, 6.07) is 14.3. The summed E-state index contributed by atoms with van der Waals surface area (Å²) in [6.07, 6.45) is -0.104. The van der Waals surface area contributed by atoms with Crippen LogP contribution in [-0.4, -0.2) is 66.2 Å². The van der Waals surface area contributed by atoms with Crippen molar-refractivity contribution in [3.63, 3.8) is 0 Å². The third-order valence-electron chi connectivity index (χ3n) is 6.11. The summed E-state index contributed by atoms with van der Waals surface area (Å²) in [4.78, 5) is 38.6. The topological polar surface area (TPSA) is 105 Å². The molecule has 1 heterocycles. The van der Waals surface area contributed by atoms with Crippen LogP contribution in [0.25, 0.3) is 0 Å². The van der Waals surface area contributed by atoms with E-state index in [9.17, 15) is 19.5 Å². The van der Waals surface area contributed by atoms with Crippen molar-refractivity contribution in [3.05, 3.63) is 70.8 Å². The van der Waals surface area contributed by atoms with Gasteiger partial charge in [-0.05, 0) is 62.7 Å². The summed E-state index contributed by atoms with van der Waals surface area (Å²) in [7, 11) is 2.72. The van der Waals surface area contributed by atoms with Crippen molar-refractivity contribution in [1.82, 2.24) is 10.2 Å². The molecule has 0 unspecified atom stereocenters. The van der Waals surface area contributed by atoms with E-state index in [1.54, 1.807) is 24.3 Å². The van der Waals surface area contributed by atoms with E-state index in [2.05, 4.69) is 17.2 Å². The molecule has 1 saturated heterocycles. The van der Waals surface area contributed by atoms with Crippen LogP contribution in [0.5, 0.6) is 0 Å². The van der Waals surface area contributed by atoms with E-state index in [4.69, 9.17) is 9.47 Å². The van der Waals surface area contributed by atoms with Gasteiger partial charge in [-0.1, -0.05) is 24.0 Å². The van der Waals surface area contributed by atoms with Gasteiger partial charge in [-0.2, -0.15) is 0 Å². The predicted octanol–water partition coefficient (Wildman–Crippen LogP) is 2.05. The number of carbonyl (C=O) groups is 3. The fourth-order valence-electron chi connectivity index (χ4n) is 3.73. The first-order chi connectivity index (χ1) is 16.5. The Morgan fingerprint density at radius 3 is 2.09 bits per heavy atom. The number of benzene rings is 2. The standard InChI is InChI=1S/C27H30N2O6/c1-26(2)34-17-22(35-26)20-12-8-18(9-13-20)6-7-19-10-14-21(15-11-19)24(32)29(5)27(3,23(31)16-30)25(33)28-4/h8-15,22,30H,16-17H2,1-5H3,(H,28,33)/t22-,27-/m1/s1. The molecule has 2 amide bonds. The fourth-order valence-corrected chi connectivity index (χ4v) is 3.73. The van der Waals surface area contributed by atoms with Crippen LogP contribution in [0.1, 0.15) is 53.9 Å². The summed E-state index contributed by atoms with van der Waals surface area (Å²) in [5.74, 6) is 3.57. The van der Waals surface area contributed by atoms with E-state index in [-0.39, 0.29) is 11.7 Å². The van der Waals surface area contributed by atoms with Crippen molar-refractivity contribution in [2.75, 3.05) is 27.3 Å². The molecule has 0 spiro atoms. The van der Waals surface area contributed by atoms with E-state index >= 15 is 0 Å². The van der Waals surface area contributed by atoms with Crippen molar-refractivity contribution in [1.29, 1.82) is 0 Å². The van der Waals surface area contributed by atoms with E-state index in [1.807, 2.05) is 38.1 Å². The minimum Gasteiger partial charge on any atom is -0.388 e. The number of carbonyl (C=O) groups excluding carboxylic acids is 3. The SMILES string of the molecule is CNC(=O)[C@@](C)(C(=O)CO)N(C)C(=O)c1ccc(C#Cc2ccc([C@H]3COC(C)(C)O3)cc2)cc1. The largest absolute Gasteiger partial charge is 0.388 e. The molecule has 0 radical (unpaired) electrons. The Morgan fingerprint density at radius 2 is 1.63 bits per heavy atom. The van der Waals surface area contributed by atoms with Crippen LogP contribution < -0.4 is 5.32 Å². The van der Waals surface area contributed by atoms with Gasteiger partial charge in [0.25, 0.3) is 11.8 Å². The Kier molecular flexibility index (Phi) is 7.76. The maximum atomic E-state index is 13.0. The van der Waals surface area contributed by atoms with Crippen LogP contribution in [0.2, 0.25) is 0 Å². The highest BCUT2D eigenvalue weighted by atomic mass is 16.7. The molecule has 8 heteroatoms. The lowest BCUT2D eigenvalue weighted by molar-refractivity contribution is -0.143. The number of ether oxygens (including phenoxy) is 2. The van der Waals surface area contributed by atoms with Crippen LogP contribution in [0.4, 0.5) is 0 Å². The molecule has 0 saturated carbocycles. The Bertz CT molecular complexity index is 1140. The monoisotopic (exact) mass is 478 g/mol. The van der Waals surface area contributed by atoms with Crippen LogP contribution >= 0.6 is 0 Å². The Morgan fingerprint density at radius 1 is 1.09 bits per heavy atom. The van der Waals surface area contributed by atoms with Gasteiger partial charge in [0.2, 0.25) is 0 Å². The molecule has 1 fully saturated rings. The molecule has 0 aliphatic carbocycles. The third kappa shape index (κ3) is 5.60. The van der Waals surface area contributed by atoms with E-state index in [1.165, 1.54) is 21.0 Å². The second-order valence-corrected chi connectivity index (χ2v) is 8.86. The Balaban J connectivity index is 1.71. The summed E-state index contributed by atoms with van der Waals surface area (Å²) in [6.45, 7) is 4.73. The van der Waals surface area contributed by atoms with Crippen molar-refractivity contribution in [2.45, 2.75) is 38.2 Å². The van der Waals surface area contributed by atoms with Gasteiger partial charge >= 0.3 is 0 Å². The van der Waals surface area contributed by atoms with Crippen LogP contribution in [0, 0.1) is 11.8 Å². The number of aliphatic hydroxyl groups excluding tert-OH is 1. The molecule has 8 nitrogen and oxygen atoms in total. The molecule has 35 heavy (non-hydrogen) atoms. The van der Waals surface area contributed by atoms with Gasteiger partial charge in [0.05, 0.1) is 6.61 Å². The molecule has 0 bridgehead atoms. The minimum atomic E-state index is -1.84. The summed E-state index contributed by atoms with van der Waals surface area (Å²) >= 11 is 0. The molecule has 2 N–H and O–H groups in total. The van der Waals surface area contributed by atoms with Crippen LogP contribution in [0.15, 0.2) is 48.5 Å². The number of nitrogens with one attached hydrogen (secondary N) is 1. The number of amides is 2. The van der Waals surface area contributed by atoms with Crippen LogP contribution in [-0.2, 0) is 19.1 Å². The number of ketones is 1. The van der Waals surface area contributed by atoms with Crippen molar-refractivity contribution >= 4 is 17.6 Å². The number of likely N-dealkylation sites (N-methyl/N-ethyl adjacent to an activating group) is 2. The summed E-state index contributed by atoms with van der Waals surface area (Å²) in [5, 5.41) is 11.7. The molecular formula is C27H30N2O6. The first kappa shape index (κ1) is 26.1. The number of hydrogen-bond donors (Lipinski definition) is 2. The molecule has 2 atom stereocenters. The quantitative estimate of drug-likeness (QED) is 0.486. The molecule has 1 aliphatic heterocycles. The van der Waals surface area contributed by atoms with Gasteiger partial charge in [-0.25, -0.2) is 0 Å². The molecule has 1 aliphatic rings. The van der Waals surface area contributed by atoms with Gasteiger partial charge in [0.15, 0.2) is 17.1 Å². The van der Waals surface area contributed by atoms with Crippen molar-refractivity contribution in [3.8, 4) is 11.8 Å². The van der Waals surface area contributed by atoms with E-state index < -0.39 is 35.5 Å². The number of Topliss-reactive ketones (excluding diaryl/α,β-unsaturated/α-hetero) is 1. The average Bonchev–Trinajstić information content (AvgIpc) is 3.25. The van der Waals surface area contributed by atoms with Gasteiger partial charge in [-0.3, -0.25) is 14.4 Å². The van der Waals surface area contributed by atoms with E-state index in [0.717, 1.165) is 16.0 Å². The Labute approximate surface area is 205 Å². The first-order valence-corrected chi connectivity index (χ1v) is 11.2. The molecular weight excluding hydrogens is 448 g/mol. The average molecular weight is 479 g/mol. The first-order valence-electron chi connectivity index (χ1n) is 11.2. The maximum Gasteiger partial charge on any atom is 0.254 e. The van der Waals surface area contributed by atoms with Crippen LogP contribution in [0.3, 0.4) is 0 Å². The van der Waals surface area contributed by atoms with E-state index in [0.29, 0.717) is 12.2 Å². The summed E-state index contributed by atoms with van der Waals surface area (Å²) in [5.41, 5.74) is 0.997. The maximum absolute atomic E-state index is 13.0. The number of rotatable bonds is 6. The van der Waals surface area contributed by atoms with Gasteiger partial charge in [0.1, 0.15) is 12.7 Å². The summed E-state index contributed by atoms with van der Waals surface area (Å²) < 4.78 is 11.5. The lowest BCUT2D eigenvalue weighted by Gasteiger charge is -2.35. The number of aliphatic hydroxyl groups is 1. The molecule has 3 rings (SSSR count). The van der Waals surface area contributed by atoms with Gasteiger partial charge in [-0.15, -0.1) is 0 Å². The second kappa shape index (κ2) is 10.4. The van der Waals surface area contributed by atoms with Gasteiger partial charge in [0, 0.05) is 30.8 Å².